The summed E-state index contributed by atoms with van der Waals surface area (Å²) in [6.45, 7) is 2.97. The number of hydrogen-bond donors (Lipinski definition) is 3. The SMILES string of the molecule is CC(O)CCC(=O)NC(C)C(=O)O. The van der Waals surface area contributed by atoms with Gasteiger partial charge in [0.1, 0.15) is 6.04 Å². The van der Waals surface area contributed by atoms with Gasteiger partial charge in [0.15, 0.2) is 0 Å². The van der Waals surface area contributed by atoms with Crippen molar-refractivity contribution in [2.75, 3.05) is 0 Å². The molecule has 3 N–H and O–H groups in total. The zero-order chi connectivity index (χ0) is 10.4. The summed E-state index contributed by atoms with van der Waals surface area (Å²) in [5, 5.41) is 19.6. The lowest BCUT2D eigenvalue weighted by Crippen LogP contribution is -2.38. The first-order valence-electron chi connectivity index (χ1n) is 4.13. The Bertz CT molecular complexity index is 191. The number of hydrogen-bond acceptors (Lipinski definition) is 3. The first kappa shape index (κ1) is 11.9. The number of aliphatic hydroxyl groups is 1. The molecule has 0 spiro atoms. The molecule has 5 nitrogen and oxygen atoms in total. The second-order valence-corrected chi connectivity index (χ2v) is 3.02. The molecule has 0 aliphatic carbocycles. The standard InChI is InChI=1S/C8H15NO4/c1-5(10)3-4-7(11)9-6(2)8(12)13/h5-6,10H,3-4H2,1-2H3,(H,9,11)(H,12,13). The number of carbonyl (C=O) groups excluding carboxylic acids is 1. The van der Waals surface area contributed by atoms with E-state index >= 15 is 0 Å². The van der Waals surface area contributed by atoms with Gasteiger partial charge in [-0.25, -0.2) is 0 Å². The summed E-state index contributed by atoms with van der Waals surface area (Å²) in [7, 11) is 0. The highest BCUT2D eigenvalue weighted by Gasteiger charge is 2.13. The van der Waals surface area contributed by atoms with E-state index in [4.69, 9.17) is 10.2 Å². The molecule has 0 rings (SSSR count). The molecule has 0 saturated carbocycles. The number of carboxylic acid groups (broad SMARTS) is 1. The third kappa shape index (κ3) is 6.10. The Hall–Kier alpha value is -1.10. The van der Waals surface area contributed by atoms with Crippen LogP contribution in [0.25, 0.3) is 0 Å². The minimum Gasteiger partial charge on any atom is -0.480 e. The van der Waals surface area contributed by atoms with Gasteiger partial charge in [0, 0.05) is 6.42 Å². The quantitative estimate of drug-likeness (QED) is 0.556. The monoisotopic (exact) mass is 189 g/mol. The summed E-state index contributed by atoms with van der Waals surface area (Å²) in [6, 6.07) is -0.874. The average molecular weight is 189 g/mol. The van der Waals surface area contributed by atoms with Crippen LogP contribution in [-0.2, 0) is 9.59 Å². The number of carbonyl (C=O) groups is 2. The Morgan fingerprint density at radius 3 is 2.31 bits per heavy atom. The highest BCUT2D eigenvalue weighted by atomic mass is 16.4. The number of rotatable bonds is 5. The largest absolute Gasteiger partial charge is 0.480 e. The highest BCUT2D eigenvalue weighted by molar-refractivity contribution is 5.83. The normalized spacial score (nSPS) is 14.7. The fourth-order valence-corrected chi connectivity index (χ4v) is 0.715. The predicted octanol–water partition coefficient (Wildman–Crippen LogP) is -0.263. The molecule has 2 atom stereocenters. The van der Waals surface area contributed by atoms with E-state index in [1.54, 1.807) is 6.92 Å². The molecule has 0 saturated heterocycles. The lowest BCUT2D eigenvalue weighted by molar-refractivity contribution is -0.141. The fourth-order valence-electron chi connectivity index (χ4n) is 0.715. The molecule has 76 valence electrons. The summed E-state index contributed by atoms with van der Waals surface area (Å²) in [5.41, 5.74) is 0. The number of carboxylic acids is 1. The number of aliphatic hydroxyl groups excluding tert-OH is 1. The zero-order valence-corrected chi connectivity index (χ0v) is 7.78. The van der Waals surface area contributed by atoms with Crippen molar-refractivity contribution in [3.05, 3.63) is 0 Å². The van der Waals surface area contributed by atoms with E-state index in [1.165, 1.54) is 6.92 Å². The van der Waals surface area contributed by atoms with Crippen LogP contribution in [0, 0.1) is 0 Å². The van der Waals surface area contributed by atoms with Gasteiger partial charge < -0.3 is 15.5 Å². The fraction of sp³-hybridized carbons (Fsp3) is 0.750. The van der Waals surface area contributed by atoms with E-state index < -0.39 is 18.1 Å². The smallest absolute Gasteiger partial charge is 0.325 e. The third-order valence-electron chi connectivity index (χ3n) is 1.54. The summed E-state index contributed by atoms with van der Waals surface area (Å²) in [5.74, 6) is -1.42. The Kier molecular flexibility index (Phi) is 5.06. The first-order valence-corrected chi connectivity index (χ1v) is 4.13. The van der Waals surface area contributed by atoms with Gasteiger partial charge in [-0.15, -0.1) is 0 Å². The van der Waals surface area contributed by atoms with Gasteiger partial charge in [0.25, 0.3) is 0 Å². The maximum absolute atomic E-state index is 11.0. The van der Waals surface area contributed by atoms with Crippen molar-refractivity contribution in [2.24, 2.45) is 0 Å². The van der Waals surface area contributed by atoms with E-state index in [2.05, 4.69) is 5.32 Å². The van der Waals surface area contributed by atoms with Crippen LogP contribution in [0.3, 0.4) is 0 Å². The van der Waals surface area contributed by atoms with Crippen molar-refractivity contribution >= 4 is 11.9 Å². The van der Waals surface area contributed by atoms with Gasteiger partial charge >= 0.3 is 5.97 Å². The van der Waals surface area contributed by atoms with Crippen LogP contribution < -0.4 is 5.32 Å². The van der Waals surface area contributed by atoms with Crippen LogP contribution >= 0.6 is 0 Å². The van der Waals surface area contributed by atoms with Crippen molar-refractivity contribution < 1.29 is 19.8 Å². The van der Waals surface area contributed by atoms with Gasteiger partial charge in [-0.2, -0.15) is 0 Å². The molecule has 0 aliphatic rings. The summed E-state index contributed by atoms with van der Waals surface area (Å²) in [6.07, 6.45) is -0.0427. The molecule has 0 heterocycles. The number of aliphatic carboxylic acids is 1. The first-order chi connectivity index (χ1) is 5.93. The van der Waals surface area contributed by atoms with Crippen molar-refractivity contribution in [1.29, 1.82) is 0 Å². The molecule has 5 heteroatoms. The van der Waals surface area contributed by atoms with Crippen LogP contribution in [0.15, 0.2) is 0 Å². The lowest BCUT2D eigenvalue weighted by Gasteiger charge is -2.09. The maximum Gasteiger partial charge on any atom is 0.325 e. The molecule has 13 heavy (non-hydrogen) atoms. The van der Waals surface area contributed by atoms with E-state index in [1.807, 2.05) is 0 Å². The minimum absolute atomic E-state index is 0.148. The number of nitrogens with one attached hydrogen (secondary N) is 1. The molecule has 2 unspecified atom stereocenters. The Morgan fingerprint density at radius 2 is 1.92 bits per heavy atom. The van der Waals surface area contributed by atoms with Gasteiger partial charge in [-0.1, -0.05) is 0 Å². The summed E-state index contributed by atoms with van der Waals surface area (Å²) in [4.78, 5) is 21.3. The van der Waals surface area contributed by atoms with Crippen LogP contribution in [0.4, 0.5) is 0 Å². The van der Waals surface area contributed by atoms with Crippen molar-refractivity contribution in [1.82, 2.24) is 5.32 Å². The van der Waals surface area contributed by atoms with Gasteiger partial charge in [0.05, 0.1) is 6.10 Å². The molecular weight excluding hydrogens is 174 g/mol. The second kappa shape index (κ2) is 5.53. The Balaban J connectivity index is 3.68. The third-order valence-corrected chi connectivity index (χ3v) is 1.54. The van der Waals surface area contributed by atoms with Crippen LogP contribution in [-0.4, -0.2) is 34.2 Å². The zero-order valence-electron chi connectivity index (χ0n) is 7.78. The molecule has 0 bridgehead atoms. The van der Waals surface area contributed by atoms with Gasteiger partial charge in [0.2, 0.25) is 5.91 Å². The van der Waals surface area contributed by atoms with Crippen molar-refractivity contribution in [3.63, 3.8) is 0 Å². The molecule has 0 radical (unpaired) electrons. The second-order valence-electron chi connectivity index (χ2n) is 3.02. The van der Waals surface area contributed by atoms with Gasteiger partial charge in [-0.05, 0) is 20.3 Å². The summed E-state index contributed by atoms with van der Waals surface area (Å²) < 4.78 is 0. The van der Waals surface area contributed by atoms with Crippen LogP contribution in [0.5, 0.6) is 0 Å². The lowest BCUT2D eigenvalue weighted by atomic mass is 10.2. The molecule has 0 fully saturated rings. The molecule has 0 aliphatic heterocycles. The molecule has 1 amide bonds. The summed E-state index contributed by atoms with van der Waals surface area (Å²) >= 11 is 0. The highest BCUT2D eigenvalue weighted by Crippen LogP contribution is 1.95. The predicted molar refractivity (Wildman–Crippen MR) is 46.2 cm³/mol. The van der Waals surface area contributed by atoms with E-state index in [0.717, 1.165) is 0 Å². The van der Waals surface area contributed by atoms with Crippen LogP contribution in [0.2, 0.25) is 0 Å². The molecule has 0 aromatic heterocycles. The van der Waals surface area contributed by atoms with Crippen LogP contribution in [0.1, 0.15) is 26.7 Å². The van der Waals surface area contributed by atoms with Gasteiger partial charge in [-0.3, -0.25) is 9.59 Å². The Labute approximate surface area is 76.8 Å². The maximum atomic E-state index is 11.0. The van der Waals surface area contributed by atoms with Crippen molar-refractivity contribution in [2.45, 2.75) is 38.8 Å². The average Bonchev–Trinajstić information content (AvgIpc) is 2.00. The molecule has 0 aromatic rings. The topological polar surface area (TPSA) is 86.6 Å². The minimum atomic E-state index is -1.06. The van der Waals surface area contributed by atoms with E-state index in [0.29, 0.717) is 6.42 Å². The number of amides is 1. The van der Waals surface area contributed by atoms with Crippen molar-refractivity contribution in [3.8, 4) is 0 Å². The molecule has 0 aromatic carbocycles. The van der Waals surface area contributed by atoms with E-state index in [9.17, 15) is 9.59 Å². The van der Waals surface area contributed by atoms with E-state index in [-0.39, 0.29) is 12.3 Å². The molecular formula is C8H15NO4. The Morgan fingerprint density at radius 1 is 1.38 bits per heavy atom.